The lowest BCUT2D eigenvalue weighted by Crippen LogP contribution is -2.06. The monoisotopic (exact) mass is 230 g/mol. The molecule has 1 heterocycles. The van der Waals surface area contributed by atoms with Gasteiger partial charge in [-0.05, 0) is 18.2 Å². The minimum absolute atomic E-state index is 0.00583. The van der Waals surface area contributed by atoms with Gasteiger partial charge in [0, 0.05) is 19.2 Å². The van der Waals surface area contributed by atoms with Crippen molar-refractivity contribution in [3.63, 3.8) is 0 Å². The van der Waals surface area contributed by atoms with E-state index < -0.39 is 4.92 Å². The number of para-hydroxylation sites is 1. The van der Waals surface area contributed by atoms with E-state index in [1.165, 1.54) is 17.6 Å². The maximum absolute atomic E-state index is 11.4. The molecule has 0 unspecified atom stereocenters. The Morgan fingerprint density at radius 2 is 1.94 bits per heavy atom. The Morgan fingerprint density at radius 1 is 1.24 bits per heavy atom. The Balaban J connectivity index is 2.64. The average Bonchev–Trinajstić information content (AvgIpc) is 2.77. The van der Waals surface area contributed by atoms with Crippen LogP contribution in [0.25, 0.3) is 11.3 Å². The van der Waals surface area contributed by atoms with Crippen LogP contribution in [-0.4, -0.2) is 15.4 Å². The Hall–Kier alpha value is -2.43. The van der Waals surface area contributed by atoms with Gasteiger partial charge in [0.15, 0.2) is 0 Å². The number of aromatic nitrogens is 1. The molecule has 0 fully saturated rings. The summed E-state index contributed by atoms with van der Waals surface area (Å²) >= 11 is 0. The number of hydrogen-bond acceptors (Lipinski definition) is 3. The minimum atomic E-state index is -0.452. The summed E-state index contributed by atoms with van der Waals surface area (Å²) in [6.45, 7) is 1.41. The lowest BCUT2D eigenvalue weighted by atomic mass is 10.1. The van der Waals surface area contributed by atoms with Crippen LogP contribution in [0.2, 0.25) is 0 Å². The van der Waals surface area contributed by atoms with E-state index in [1.54, 1.807) is 36.5 Å². The van der Waals surface area contributed by atoms with Gasteiger partial charge in [0.1, 0.15) is 0 Å². The summed E-state index contributed by atoms with van der Waals surface area (Å²) in [6, 6.07) is 9.74. The Bertz CT molecular complexity index is 587. The molecule has 0 radical (unpaired) electrons. The van der Waals surface area contributed by atoms with E-state index in [1.807, 2.05) is 0 Å². The lowest BCUT2D eigenvalue weighted by molar-refractivity contribution is -0.384. The van der Waals surface area contributed by atoms with E-state index >= 15 is 0 Å². The molecule has 86 valence electrons. The first-order valence-electron chi connectivity index (χ1n) is 5.03. The molecule has 17 heavy (non-hydrogen) atoms. The smallest absolute Gasteiger partial charge is 0.278 e. The third kappa shape index (κ3) is 1.94. The highest BCUT2D eigenvalue weighted by Gasteiger charge is 2.17. The van der Waals surface area contributed by atoms with Crippen molar-refractivity contribution >= 4 is 11.6 Å². The van der Waals surface area contributed by atoms with Gasteiger partial charge in [0.25, 0.3) is 5.69 Å². The summed E-state index contributed by atoms with van der Waals surface area (Å²) in [5.74, 6) is -0.178. The van der Waals surface area contributed by atoms with E-state index in [2.05, 4.69) is 0 Å². The second-order valence-electron chi connectivity index (χ2n) is 3.56. The second-order valence-corrected chi connectivity index (χ2v) is 3.56. The molecule has 1 aromatic carbocycles. The number of carbonyl (C=O) groups is 1. The van der Waals surface area contributed by atoms with Gasteiger partial charge in [-0.25, -0.2) is 0 Å². The van der Waals surface area contributed by atoms with E-state index in [0.717, 1.165) is 0 Å². The molecule has 0 aliphatic heterocycles. The maximum Gasteiger partial charge on any atom is 0.278 e. The van der Waals surface area contributed by atoms with Crippen molar-refractivity contribution in [2.75, 3.05) is 0 Å². The van der Waals surface area contributed by atoms with Crippen LogP contribution in [0.15, 0.2) is 42.6 Å². The van der Waals surface area contributed by atoms with Crippen LogP contribution in [0.5, 0.6) is 0 Å². The topological polar surface area (TPSA) is 65.1 Å². The number of nitro benzene ring substituents is 1. The fraction of sp³-hybridized carbons (Fsp3) is 0.0833. The normalized spacial score (nSPS) is 10.2. The first-order chi connectivity index (χ1) is 8.11. The van der Waals surface area contributed by atoms with Gasteiger partial charge in [0.2, 0.25) is 5.91 Å². The largest absolute Gasteiger partial charge is 0.287 e. The fourth-order valence-corrected chi connectivity index (χ4v) is 1.72. The second kappa shape index (κ2) is 4.21. The third-order valence-electron chi connectivity index (χ3n) is 2.46. The number of benzene rings is 1. The first kappa shape index (κ1) is 11.1. The molecule has 5 heteroatoms. The number of rotatable bonds is 2. The van der Waals surface area contributed by atoms with Crippen molar-refractivity contribution in [3.8, 4) is 11.3 Å². The summed E-state index contributed by atoms with van der Waals surface area (Å²) < 4.78 is 1.39. The lowest BCUT2D eigenvalue weighted by Gasteiger charge is -2.05. The number of nitro groups is 1. The molecule has 0 aliphatic carbocycles. The van der Waals surface area contributed by atoms with Crippen molar-refractivity contribution in [3.05, 3.63) is 52.7 Å². The van der Waals surface area contributed by atoms with Gasteiger partial charge in [-0.15, -0.1) is 0 Å². The first-order valence-corrected chi connectivity index (χ1v) is 5.03. The molecule has 0 amide bonds. The molecule has 2 aromatic rings. The average molecular weight is 230 g/mol. The molecular formula is C12H10N2O3. The zero-order valence-corrected chi connectivity index (χ0v) is 9.16. The quantitative estimate of drug-likeness (QED) is 0.588. The highest BCUT2D eigenvalue weighted by atomic mass is 16.6. The Morgan fingerprint density at radius 3 is 2.59 bits per heavy atom. The summed E-state index contributed by atoms with van der Waals surface area (Å²) in [5.41, 5.74) is 0.969. The Kier molecular flexibility index (Phi) is 2.74. The highest BCUT2D eigenvalue weighted by Crippen LogP contribution is 2.29. The summed E-state index contributed by atoms with van der Waals surface area (Å²) in [5, 5.41) is 10.9. The molecule has 0 saturated carbocycles. The van der Waals surface area contributed by atoms with Crippen LogP contribution < -0.4 is 0 Å². The van der Waals surface area contributed by atoms with Crippen LogP contribution in [0.4, 0.5) is 5.69 Å². The van der Waals surface area contributed by atoms with Crippen molar-refractivity contribution < 1.29 is 9.72 Å². The third-order valence-corrected chi connectivity index (χ3v) is 2.46. The van der Waals surface area contributed by atoms with E-state index in [0.29, 0.717) is 11.3 Å². The van der Waals surface area contributed by atoms with Crippen molar-refractivity contribution in [1.82, 2.24) is 4.57 Å². The highest BCUT2D eigenvalue weighted by molar-refractivity contribution is 5.84. The minimum Gasteiger partial charge on any atom is -0.287 e. The van der Waals surface area contributed by atoms with Crippen LogP contribution in [-0.2, 0) is 0 Å². The molecule has 0 saturated heterocycles. The predicted molar refractivity (Wildman–Crippen MR) is 62.8 cm³/mol. The van der Waals surface area contributed by atoms with Crippen LogP contribution in [0.1, 0.15) is 11.7 Å². The van der Waals surface area contributed by atoms with E-state index in [-0.39, 0.29) is 11.6 Å². The maximum atomic E-state index is 11.4. The molecule has 2 rings (SSSR count). The van der Waals surface area contributed by atoms with Crippen LogP contribution >= 0.6 is 0 Å². The van der Waals surface area contributed by atoms with Gasteiger partial charge in [0.05, 0.1) is 16.2 Å². The fourth-order valence-electron chi connectivity index (χ4n) is 1.72. The molecule has 0 aliphatic rings. The molecule has 1 aromatic heterocycles. The van der Waals surface area contributed by atoms with Crippen LogP contribution in [0.3, 0.4) is 0 Å². The number of hydrogen-bond donors (Lipinski definition) is 0. The molecule has 0 bridgehead atoms. The van der Waals surface area contributed by atoms with Gasteiger partial charge < -0.3 is 0 Å². The van der Waals surface area contributed by atoms with Crippen LogP contribution in [0, 0.1) is 10.1 Å². The zero-order chi connectivity index (χ0) is 12.4. The summed E-state index contributed by atoms with van der Waals surface area (Å²) in [4.78, 5) is 21.8. The molecule has 5 nitrogen and oxygen atoms in total. The van der Waals surface area contributed by atoms with Crippen molar-refractivity contribution in [1.29, 1.82) is 0 Å². The van der Waals surface area contributed by atoms with Crippen molar-refractivity contribution in [2.24, 2.45) is 0 Å². The predicted octanol–water partition coefficient (Wildman–Crippen LogP) is 2.72. The van der Waals surface area contributed by atoms with Gasteiger partial charge in [-0.2, -0.15) is 0 Å². The number of carbonyl (C=O) groups excluding carboxylic acids is 1. The van der Waals surface area contributed by atoms with Gasteiger partial charge in [-0.1, -0.05) is 12.1 Å². The Labute approximate surface area is 97.5 Å². The van der Waals surface area contributed by atoms with Gasteiger partial charge in [-0.3, -0.25) is 19.5 Å². The number of nitrogens with zero attached hydrogens (tertiary/aromatic N) is 2. The zero-order valence-electron chi connectivity index (χ0n) is 9.16. The molecule has 0 spiro atoms. The van der Waals surface area contributed by atoms with Crippen molar-refractivity contribution in [2.45, 2.75) is 6.92 Å². The SMILES string of the molecule is CC(=O)n1cccc1-c1ccccc1[N+](=O)[O-]. The van der Waals surface area contributed by atoms with Gasteiger partial charge >= 0.3 is 0 Å². The summed E-state index contributed by atoms with van der Waals surface area (Å²) in [6.07, 6.45) is 1.59. The standard InChI is InChI=1S/C12H10N2O3/c1-9(15)13-8-4-7-11(13)10-5-2-3-6-12(10)14(16)17/h2-8H,1H3. The molecule has 0 atom stereocenters. The molecule has 0 N–H and O–H groups in total. The molecular weight excluding hydrogens is 220 g/mol. The van der Waals surface area contributed by atoms with E-state index in [9.17, 15) is 14.9 Å². The van der Waals surface area contributed by atoms with E-state index in [4.69, 9.17) is 0 Å². The summed E-state index contributed by atoms with van der Waals surface area (Å²) in [7, 11) is 0.